The van der Waals surface area contributed by atoms with Crippen molar-refractivity contribution in [3.63, 3.8) is 0 Å². The molecule has 1 heterocycles. The molecule has 6 heteroatoms. The van der Waals surface area contributed by atoms with E-state index in [0.29, 0.717) is 37.3 Å². The van der Waals surface area contributed by atoms with Crippen LogP contribution >= 0.6 is 0 Å². The number of carbonyl (C=O) groups excluding carboxylic acids is 1. The lowest BCUT2D eigenvalue weighted by molar-refractivity contribution is -0.134. The summed E-state index contributed by atoms with van der Waals surface area (Å²) in [5.74, 6) is -0.337. The first kappa shape index (κ1) is 19.3. The van der Waals surface area contributed by atoms with Crippen LogP contribution in [-0.2, 0) is 11.2 Å². The third-order valence-electron chi connectivity index (χ3n) is 4.90. The Hall–Kier alpha value is -2.47. The Morgan fingerprint density at radius 2 is 2.04 bits per heavy atom. The highest BCUT2D eigenvalue weighted by atomic mass is 19.1. The van der Waals surface area contributed by atoms with Crippen LogP contribution in [0.3, 0.4) is 0 Å². The topological polar surface area (TPSA) is 55.6 Å². The first-order valence-electron chi connectivity index (χ1n) is 9.22. The van der Waals surface area contributed by atoms with E-state index in [-0.39, 0.29) is 23.6 Å². The SMILES string of the molecule is NC(CCc1ccccc1F)C(=O)N1CCC[C@H]1COc1cccc(F)c1. The first-order chi connectivity index (χ1) is 13.0. The number of halogens is 2. The molecule has 27 heavy (non-hydrogen) atoms. The van der Waals surface area contributed by atoms with E-state index < -0.39 is 6.04 Å². The van der Waals surface area contributed by atoms with E-state index in [4.69, 9.17) is 10.5 Å². The van der Waals surface area contributed by atoms with Gasteiger partial charge in [-0.05, 0) is 49.4 Å². The van der Waals surface area contributed by atoms with Gasteiger partial charge >= 0.3 is 0 Å². The number of carbonyl (C=O) groups is 1. The summed E-state index contributed by atoms with van der Waals surface area (Å²) in [5.41, 5.74) is 6.64. The summed E-state index contributed by atoms with van der Waals surface area (Å²) in [7, 11) is 0. The summed E-state index contributed by atoms with van der Waals surface area (Å²) in [6.07, 6.45) is 2.50. The summed E-state index contributed by atoms with van der Waals surface area (Å²) < 4.78 is 32.6. The van der Waals surface area contributed by atoms with E-state index in [0.717, 1.165) is 12.8 Å². The number of amides is 1. The van der Waals surface area contributed by atoms with Crippen molar-refractivity contribution < 1.29 is 18.3 Å². The van der Waals surface area contributed by atoms with E-state index >= 15 is 0 Å². The number of nitrogens with two attached hydrogens (primary N) is 1. The minimum absolute atomic E-state index is 0.0831. The van der Waals surface area contributed by atoms with Crippen LogP contribution in [0.15, 0.2) is 48.5 Å². The molecule has 3 rings (SSSR count). The van der Waals surface area contributed by atoms with Gasteiger partial charge < -0.3 is 15.4 Å². The highest BCUT2D eigenvalue weighted by Gasteiger charge is 2.32. The summed E-state index contributed by atoms with van der Waals surface area (Å²) in [4.78, 5) is 14.5. The van der Waals surface area contributed by atoms with Crippen LogP contribution in [0.4, 0.5) is 8.78 Å². The van der Waals surface area contributed by atoms with Crippen molar-refractivity contribution in [2.75, 3.05) is 13.2 Å². The van der Waals surface area contributed by atoms with Gasteiger partial charge in [0.25, 0.3) is 0 Å². The summed E-state index contributed by atoms with van der Waals surface area (Å²) in [6.45, 7) is 0.929. The Kier molecular flexibility index (Phi) is 6.40. The molecule has 0 aliphatic carbocycles. The number of aryl methyl sites for hydroxylation is 1. The first-order valence-corrected chi connectivity index (χ1v) is 9.22. The second-order valence-electron chi connectivity index (χ2n) is 6.83. The van der Waals surface area contributed by atoms with Gasteiger partial charge in [0.05, 0.1) is 12.1 Å². The summed E-state index contributed by atoms with van der Waals surface area (Å²) in [5, 5.41) is 0. The average molecular weight is 374 g/mol. The second-order valence-corrected chi connectivity index (χ2v) is 6.83. The van der Waals surface area contributed by atoms with Crippen molar-refractivity contribution in [2.24, 2.45) is 5.73 Å². The number of rotatable bonds is 7. The van der Waals surface area contributed by atoms with Gasteiger partial charge in [-0.25, -0.2) is 8.78 Å². The standard InChI is InChI=1S/C21H24F2N2O2/c22-16-6-3-8-18(13-16)27-14-17-7-4-12-25(17)21(26)20(24)11-10-15-5-1-2-9-19(15)23/h1-3,5-6,8-9,13,17,20H,4,7,10-12,14,24H2/t17-,20?/m0/s1. The lowest BCUT2D eigenvalue weighted by Crippen LogP contribution is -2.47. The van der Waals surface area contributed by atoms with Crippen LogP contribution in [0, 0.1) is 11.6 Å². The molecular formula is C21H24F2N2O2. The van der Waals surface area contributed by atoms with Gasteiger partial charge in [-0.15, -0.1) is 0 Å². The van der Waals surface area contributed by atoms with Crippen LogP contribution < -0.4 is 10.5 Å². The molecule has 1 fully saturated rings. The molecule has 144 valence electrons. The Balaban J connectivity index is 1.53. The van der Waals surface area contributed by atoms with Gasteiger partial charge in [0.2, 0.25) is 5.91 Å². The van der Waals surface area contributed by atoms with Crippen LogP contribution in [0.25, 0.3) is 0 Å². The zero-order chi connectivity index (χ0) is 19.2. The average Bonchev–Trinajstić information content (AvgIpc) is 3.13. The Labute approximate surface area is 157 Å². The predicted molar refractivity (Wildman–Crippen MR) is 99.3 cm³/mol. The third kappa shape index (κ3) is 5.04. The number of benzene rings is 2. The van der Waals surface area contributed by atoms with E-state index in [1.807, 2.05) is 0 Å². The summed E-state index contributed by atoms with van der Waals surface area (Å²) in [6, 6.07) is 11.7. The van der Waals surface area contributed by atoms with Gasteiger partial charge in [-0.3, -0.25) is 4.79 Å². The molecule has 2 aromatic rings. The lowest BCUT2D eigenvalue weighted by Gasteiger charge is -2.27. The fourth-order valence-electron chi connectivity index (χ4n) is 3.40. The van der Waals surface area contributed by atoms with Crippen LogP contribution in [0.5, 0.6) is 5.75 Å². The molecule has 0 bridgehead atoms. The highest BCUT2D eigenvalue weighted by molar-refractivity contribution is 5.82. The van der Waals surface area contributed by atoms with E-state index in [9.17, 15) is 13.6 Å². The van der Waals surface area contributed by atoms with Crippen molar-refractivity contribution in [3.05, 3.63) is 65.7 Å². The van der Waals surface area contributed by atoms with Crippen LogP contribution in [0.1, 0.15) is 24.8 Å². The Morgan fingerprint density at radius 1 is 1.22 bits per heavy atom. The zero-order valence-electron chi connectivity index (χ0n) is 15.1. The highest BCUT2D eigenvalue weighted by Crippen LogP contribution is 2.21. The minimum atomic E-state index is -0.681. The number of ether oxygens (including phenoxy) is 1. The smallest absolute Gasteiger partial charge is 0.239 e. The van der Waals surface area contributed by atoms with Crippen molar-refractivity contribution in [1.29, 1.82) is 0 Å². The van der Waals surface area contributed by atoms with Crippen LogP contribution in [0.2, 0.25) is 0 Å². The van der Waals surface area contributed by atoms with Crippen molar-refractivity contribution in [3.8, 4) is 5.75 Å². The molecule has 2 atom stereocenters. The number of nitrogens with zero attached hydrogens (tertiary/aromatic N) is 1. The van der Waals surface area contributed by atoms with Gasteiger partial charge in [-0.1, -0.05) is 24.3 Å². The molecule has 0 saturated carbocycles. The van der Waals surface area contributed by atoms with Gasteiger partial charge in [-0.2, -0.15) is 0 Å². The normalized spacial score (nSPS) is 17.7. The number of hydrogen-bond donors (Lipinski definition) is 1. The van der Waals surface area contributed by atoms with Crippen molar-refractivity contribution >= 4 is 5.91 Å². The number of hydrogen-bond acceptors (Lipinski definition) is 3. The monoisotopic (exact) mass is 374 g/mol. The molecule has 2 N–H and O–H groups in total. The molecule has 1 unspecified atom stereocenters. The largest absolute Gasteiger partial charge is 0.491 e. The fourth-order valence-corrected chi connectivity index (χ4v) is 3.40. The molecular weight excluding hydrogens is 350 g/mol. The Morgan fingerprint density at radius 3 is 2.81 bits per heavy atom. The van der Waals surface area contributed by atoms with Crippen molar-refractivity contribution in [1.82, 2.24) is 4.90 Å². The molecule has 1 saturated heterocycles. The van der Waals surface area contributed by atoms with E-state index in [1.54, 1.807) is 35.2 Å². The molecule has 0 spiro atoms. The van der Waals surface area contributed by atoms with Crippen molar-refractivity contribution in [2.45, 2.75) is 37.8 Å². The molecule has 4 nitrogen and oxygen atoms in total. The second kappa shape index (κ2) is 8.95. The van der Waals surface area contributed by atoms with E-state index in [2.05, 4.69) is 0 Å². The molecule has 1 aliphatic heterocycles. The molecule has 2 aromatic carbocycles. The molecule has 0 aromatic heterocycles. The zero-order valence-corrected chi connectivity index (χ0v) is 15.1. The summed E-state index contributed by atoms with van der Waals surface area (Å²) >= 11 is 0. The fraction of sp³-hybridized carbons (Fsp3) is 0.381. The predicted octanol–water partition coefficient (Wildman–Crippen LogP) is 3.29. The third-order valence-corrected chi connectivity index (χ3v) is 4.90. The number of likely N-dealkylation sites (tertiary alicyclic amines) is 1. The van der Waals surface area contributed by atoms with Gasteiger partial charge in [0, 0.05) is 12.6 Å². The van der Waals surface area contributed by atoms with Crippen LogP contribution in [-0.4, -0.2) is 36.0 Å². The maximum Gasteiger partial charge on any atom is 0.239 e. The quantitative estimate of drug-likeness (QED) is 0.809. The molecule has 1 aliphatic rings. The maximum absolute atomic E-state index is 13.7. The minimum Gasteiger partial charge on any atom is -0.491 e. The Bertz CT molecular complexity index is 784. The van der Waals surface area contributed by atoms with E-state index in [1.165, 1.54) is 18.2 Å². The molecule has 0 radical (unpaired) electrons. The molecule has 1 amide bonds. The lowest BCUT2D eigenvalue weighted by atomic mass is 10.0. The van der Waals surface area contributed by atoms with Gasteiger partial charge in [0.1, 0.15) is 24.0 Å². The maximum atomic E-state index is 13.7. The van der Waals surface area contributed by atoms with Gasteiger partial charge in [0.15, 0.2) is 0 Å².